The van der Waals surface area contributed by atoms with Crippen LogP contribution in [-0.2, 0) is 0 Å². The third-order valence-corrected chi connectivity index (χ3v) is 4.64. The second kappa shape index (κ2) is 12.0. The van der Waals surface area contributed by atoms with Crippen LogP contribution in [0.25, 0.3) is 0 Å². The van der Waals surface area contributed by atoms with Crippen molar-refractivity contribution in [3.05, 3.63) is 84.4 Å². The number of nitrogens with zero attached hydrogens (tertiary/aromatic N) is 4. The van der Waals surface area contributed by atoms with E-state index in [1.165, 1.54) is 0 Å². The Kier molecular flexibility index (Phi) is 8.05. The number of anilines is 5. The summed E-state index contributed by atoms with van der Waals surface area (Å²) in [5.74, 6) is 2.40. The van der Waals surface area contributed by atoms with Gasteiger partial charge in [0.05, 0.1) is 19.4 Å². The number of benzene rings is 3. The van der Waals surface area contributed by atoms with Crippen LogP contribution < -0.4 is 25.5 Å². The molecule has 9 nitrogen and oxygen atoms in total. The lowest BCUT2D eigenvalue weighted by molar-refractivity contribution is 0.288. The third kappa shape index (κ3) is 6.91. The number of hydrogen-bond acceptors (Lipinski definition) is 9. The Morgan fingerprint density at radius 3 is 1.80 bits per heavy atom. The summed E-state index contributed by atoms with van der Waals surface area (Å²) in [6.45, 7) is 4.97. The van der Waals surface area contributed by atoms with Gasteiger partial charge in [-0.3, -0.25) is 0 Å². The fourth-order valence-corrected chi connectivity index (χ4v) is 3.15. The molecule has 0 atom stereocenters. The first-order valence-electron chi connectivity index (χ1n) is 11.3. The van der Waals surface area contributed by atoms with E-state index in [2.05, 4.69) is 36.1 Å². The molecule has 0 aliphatic rings. The summed E-state index contributed by atoms with van der Waals surface area (Å²) in [5.41, 5.74) is 5.44. The van der Waals surface area contributed by atoms with Crippen LogP contribution in [0.1, 0.15) is 19.4 Å². The largest absolute Gasteiger partial charge is 0.490 e. The van der Waals surface area contributed by atoms with E-state index in [0.29, 0.717) is 36.6 Å². The molecule has 3 N–H and O–H groups in total. The molecule has 0 unspecified atom stereocenters. The molecule has 35 heavy (non-hydrogen) atoms. The smallest absolute Gasteiger partial charge is 0.250 e. The second-order valence-corrected chi connectivity index (χ2v) is 7.23. The molecule has 0 bridgehead atoms. The maximum atomic E-state index is 5.68. The highest BCUT2D eigenvalue weighted by atomic mass is 16.5. The molecule has 0 fully saturated rings. The lowest BCUT2D eigenvalue weighted by Crippen LogP contribution is -2.07. The molecule has 9 heteroatoms. The zero-order valence-electron chi connectivity index (χ0n) is 19.6. The van der Waals surface area contributed by atoms with Gasteiger partial charge in [-0.15, -0.1) is 0 Å². The first-order valence-corrected chi connectivity index (χ1v) is 11.3. The molecule has 4 rings (SSSR count). The summed E-state index contributed by atoms with van der Waals surface area (Å²) in [6.07, 6.45) is 1.66. The van der Waals surface area contributed by atoms with Crippen molar-refractivity contribution in [1.82, 2.24) is 15.0 Å². The topological polar surface area (TPSA) is 106 Å². The van der Waals surface area contributed by atoms with Crippen LogP contribution in [0.3, 0.4) is 0 Å². The molecule has 0 saturated carbocycles. The predicted octanol–water partition coefficient (Wildman–Crippen LogP) is 5.60. The molecular formula is C26H27N7O2. The van der Waals surface area contributed by atoms with Gasteiger partial charge in [-0.05, 0) is 61.9 Å². The molecule has 0 radical (unpaired) electrons. The Morgan fingerprint density at radius 1 is 0.686 bits per heavy atom. The number of aromatic nitrogens is 3. The third-order valence-electron chi connectivity index (χ3n) is 4.64. The minimum Gasteiger partial charge on any atom is -0.490 e. The molecule has 178 valence electrons. The average molecular weight is 470 g/mol. The average Bonchev–Trinajstić information content (AvgIpc) is 2.87. The molecule has 0 aliphatic heterocycles. The van der Waals surface area contributed by atoms with E-state index in [-0.39, 0.29) is 5.95 Å². The van der Waals surface area contributed by atoms with Gasteiger partial charge in [0.25, 0.3) is 0 Å². The van der Waals surface area contributed by atoms with Crippen LogP contribution >= 0.6 is 0 Å². The van der Waals surface area contributed by atoms with Crippen molar-refractivity contribution in [2.45, 2.75) is 13.8 Å². The van der Waals surface area contributed by atoms with Crippen LogP contribution in [0, 0.1) is 0 Å². The monoisotopic (exact) mass is 469 g/mol. The Balaban J connectivity index is 1.54. The molecule has 0 amide bonds. The first-order chi connectivity index (χ1) is 17.2. The van der Waals surface area contributed by atoms with Gasteiger partial charge in [-0.1, -0.05) is 36.4 Å². The van der Waals surface area contributed by atoms with Gasteiger partial charge in [0.2, 0.25) is 17.8 Å². The molecule has 0 saturated heterocycles. The number of hydrazone groups is 1. The van der Waals surface area contributed by atoms with Crippen molar-refractivity contribution < 1.29 is 9.47 Å². The molecule has 1 heterocycles. The van der Waals surface area contributed by atoms with E-state index in [4.69, 9.17) is 9.47 Å². The fourth-order valence-electron chi connectivity index (χ4n) is 3.15. The zero-order valence-corrected chi connectivity index (χ0v) is 19.6. The van der Waals surface area contributed by atoms with E-state index in [1.807, 2.05) is 92.7 Å². The van der Waals surface area contributed by atoms with Crippen LogP contribution in [0.15, 0.2) is 84.0 Å². The van der Waals surface area contributed by atoms with Gasteiger partial charge in [0.15, 0.2) is 11.5 Å². The standard InChI is InChI=1S/C26H27N7O2/c1-3-34-22-16-15-19(17-23(22)35-4-2)18-27-33-26-31-24(28-20-11-7-5-8-12-20)30-25(32-26)29-21-13-9-6-10-14-21/h5-18H,3-4H2,1-2H3,(H3,28,29,30,31,32,33)/b27-18+. The predicted molar refractivity (Wildman–Crippen MR) is 139 cm³/mol. The lowest BCUT2D eigenvalue weighted by atomic mass is 10.2. The minimum atomic E-state index is 0.282. The first kappa shape index (κ1) is 23.5. The highest BCUT2D eigenvalue weighted by Gasteiger charge is 2.08. The van der Waals surface area contributed by atoms with E-state index in [9.17, 15) is 0 Å². The van der Waals surface area contributed by atoms with Gasteiger partial charge in [0.1, 0.15) is 0 Å². The number of nitrogens with one attached hydrogen (secondary N) is 3. The Bertz CT molecular complexity index is 1190. The Hall–Kier alpha value is -4.66. The van der Waals surface area contributed by atoms with Gasteiger partial charge < -0.3 is 20.1 Å². The van der Waals surface area contributed by atoms with Crippen molar-refractivity contribution in [2.75, 3.05) is 29.3 Å². The summed E-state index contributed by atoms with van der Waals surface area (Å²) >= 11 is 0. The summed E-state index contributed by atoms with van der Waals surface area (Å²) in [7, 11) is 0. The molecule has 3 aromatic carbocycles. The Labute approximate surface area is 204 Å². The van der Waals surface area contributed by atoms with Gasteiger partial charge in [-0.25, -0.2) is 5.43 Å². The molecule has 0 spiro atoms. The van der Waals surface area contributed by atoms with Crippen molar-refractivity contribution >= 4 is 35.4 Å². The highest BCUT2D eigenvalue weighted by Crippen LogP contribution is 2.28. The van der Waals surface area contributed by atoms with Crippen molar-refractivity contribution in [1.29, 1.82) is 0 Å². The van der Waals surface area contributed by atoms with Crippen molar-refractivity contribution in [2.24, 2.45) is 5.10 Å². The number of rotatable bonds is 11. The maximum absolute atomic E-state index is 5.68. The number of ether oxygens (including phenoxy) is 2. The summed E-state index contributed by atoms with van der Waals surface area (Å²) in [4.78, 5) is 13.4. The van der Waals surface area contributed by atoms with Crippen LogP contribution in [0.5, 0.6) is 11.5 Å². The van der Waals surface area contributed by atoms with E-state index >= 15 is 0 Å². The minimum absolute atomic E-state index is 0.282. The molecule has 1 aromatic heterocycles. The molecule has 4 aromatic rings. The van der Waals surface area contributed by atoms with Crippen molar-refractivity contribution in [3.63, 3.8) is 0 Å². The second-order valence-electron chi connectivity index (χ2n) is 7.23. The molecular weight excluding hydrogens is 442 g/mol. The quantitative estimate of drug-likeness (QED) is 0.192. The van der Waals surface area contributed by atoms with Gasteiger partial charge in [0, 0.05) is 11.4 Å². The summed E-state index contributed by atoms with van der Waals surface area (Å²) < 4.78 is 11.3. The Morgan fingerprint density at radius 2 is 1.23 bits per heavy atom. The number of para-hydroxylation sites is 2. The highest BCUT2D eigenvalue weighted by molar-refractivity contribution is 5.81. The summed E-state index contributed by atoms with van der Waals surface area (Å²) in [5, 5.41) is 10.7. The SMILES string of the molecule is CCOc1ccc(/C=N/Nc2nc(Nc3ccccc3)nc(Nc3ccccc3)n2)cc1OCC. The van der Waals surface area contributed by atoms with Crippen LogP contribution in [0.2, 0.25) is 0 Å². The van der Waals surface area contributed by atoms with Crippen molar-refractivity contribution in [3.8, 4) is 11.5 Å². The summed E-state index contributed by atoms with van der Waals surface area (Å²) in [6, 6.07) is 25.0. The van der Waals surface area contributed by atoms with E-state index < -0.39 is 0 Å². The van der Waals surface area contributed by atoms with Gasteiger partial charge in [-0.2, -0.15) is 20.1 Å². The number of hydrogen-bond donors (Lipinski definition) is 3. The molecule has 0 aliphatic carbocycles. The van der Waals surface area contributed by atoms with Crippen LogP contribution in [0.4, 0.5) is 29.2 Å². The van der Waals surface area contributed by atoms with Crippen LogP contribution in [-0.4, -0.2) is 34.4 Å². The normalized spacial score (nSPS) is 10.7. The maximum Gasteiger partial charge on any atom is 0.250 e. The van der Waals surface area contributed by atoms with E-state index in [1.54, 1.807) is 6.21 Å². The fraction of sp³-hybridized carbons (Fsp3) is 0.154. The lowest BCUT2D eigenvalue weighted by Gasteiger charge is -2.11. The zero-order chi connectivity index (χ0) is 24.3. The van der Waals surface area contributed by atoms with Gasteiger partial charge >= 0.3 is 0 Å². The van der Waals surface area contributed by atoms with E-state index in [0.717, 1.165) is 16.9 Å².